The summed E-state index contributed by atoms with van der Waals surface area (Å²) in [7, 11) is 1.97. The van der Waals surface area contributed by atoms with Crippen molar-refractivity contribution in [1.82, 2.24) is 19.7 Å². The zero-order chi connectivity index (χ0) is 15.7. The Labute approximate surface area is 140 Å². The molecule has 23 heavy (non-hydrogen) atoms. The molecule has 124 valence electrons. The quantitative estimate of drug-likeness (QED) is 0.856. The first kappa shape index (κ1) is 15.1. The number of morpholine rings is 1. The Morgan fingerprint density at radius 3 is 3.09 bits per heavy atom. The van der Waals surface area contributed by atoms with Gasteiger partial charge in [0.2, 0.25) is 0 Å². The highest BCUT2D eigenvalue weighted by molar-refractivity contribution is 7.13. The number of hydrogen-bond donors (Lipinski definition) is 0. The third-order valence-corrected chi connectivity index (χ3v) is 5.55. The molecule has 1 spiro atoms. The van der Waals surface area contributed by atoms with Gasteiger partial charge in [0.1, 0.15) is 0 Å². The summed E-state index contributed by atoms with van der Waals surface area (Å²) in [5.41, 5.74) is 1.22. The molecule has 2 aliphatic heterocycles. The highest BCUT2D eigenvalue weighted by atomic mass is 32.1. The van der Waals surface area contributed by atoms with E-state index in [9.17, 15) is 0 Å². The molecule has 0 N–H and O–H groups in total. The topological polar surface area (TPSA) is 46.4 Å². The van der Waals surface area contributed by atoms with E-state index in [0.29, 0.717) is 0 Å². The Balaban J connectivity index is 1.45. The molecule has 0 bridgehead atoms. The summed E-state index contributed by atoms with van der Waals surface area (Å²) in [5, 5.41) is 7.45. The summed E-state index contributed by atoms with van der Waals surface area (Å²) in [6.45, 7) is 5.78. The van der Waals surface area contributed by atoms with E-state index in [2.05, 4.69) is 26.1 Å². The fourth-order valence-electron chi connectivity index (χ4n) is 3.75. The zero-order valence-electron chi connectivity index (χ0n) is 13.5. The first-order valence-corrected chi connectivity index (χ1v) is 9.09. The van der Waals surface area contributed by atoms with Gasteiger partial charge in [-0.2, -0.15) is 5.10 Å². The maximum absolute atomic E-state index is 6.28. The molecule has 0 saturated carbocycles. The van der Waals surface area contributed by atoms with E-state index in [4.69, 9.17) is 4.74 Å². The van der Waals surface area contributed by atoms with Crippen LogP contribution in [0.2, 0.25) is 0 Å². The first-order valence-electron chi connectivity index (χ1n) is 8.21. The average Bonchev–Trinajstić information content (AvgIpc) is 3.19. The van der Waals surface area contributed by atoms with E-state index >= 15 is 0 Å². The summed E-state index contributed by atoms with van der Waals surface area (Å²) in [6.07, 6.45) is 8.26. The van der Waals surface area contributed by atoms with E-state index in [1.165, 1.54) is 12.0 Å². The highest BCUT2D eigenvalue weighted by Crippen LogP contribution is 2.32. The molecule has 1 atom stereocenters. The van der Waals surface area contributed by atoms with Crippen molar-refractivity contribution in [2.75, 3.05) is 37.7 Å². The Kier molecular flexibility index (Phi) is 4.09. The summed E-state index contributed by atoms with van der Waals surface area (Å²) < 4.78 is 8.15. The second kappa shape index (κ2) is 6.22. The molecule has 0 aliphatic carbocycles. The standard InChI is InChI=1S/C16H23N5OS/c1-19-10-14(9-18-19)11-20-6-7-22-16(12-20)3-2-5-21(13-16)15-17-4-8-23-15/h4,8-10H,2-3,5-7,11-13H2,1H3. The Hall–Kier alpha value is -1.44. The highest BCUT2D eigenvalue weighted by Gasteiger charge is 2.41. The molecule has 2 aromatic rings. The van der Waals surface area contributed by atoms with Gasteiger partial charge in [0.25, 0.3) is 0 Å². The SMILES string of the molecule is Cn1cc(CN2CCOC3(CCCN(c4nccs4)C3)C2)cn1. The lowest BCUT2D eigenvalue weighted by molar-refractivity contribution is -0.116. The van der Waals surface area contributed by atoms with Gasteiger partial charge in [-0.1, -0.05) is 0 Å². The van der Waals surface area contributed by atoms with Gasteiger partial charge in [-0.15, -0.1) is 11.3 Å². The predicted octanol–water partition coefficient (Wildman–Crippen LogP) is 1.75. The van der Waals surface area contributed by atoms with Gasteiger partial charge in [0, 0.05) is 56.6 Å². The van der Waals surface area contributed by atoms with Crippen molar-refractivity contribution >= 4 is 16.5 Å². The van der Waals surface area contributed by atoms with Crippen LogP contribution in [0.5, 0.6) is 0 Å². The number of rotatable bonds is 3. The number of anilines is 1. The molecule has 6 nitrogen and oxygen atoms in total. The summed E-state index contributed by atoms with van der Waals surface area (Å²) in [5.74, 6) is 0. The molecule has 1 unspecified atom stereocenters. The predicted molar refractivity (Wildman–Crippen MR) is 90.7 cm³/mol. The van der Waals surface area contributed by atoms with Crippen LogP contribution in [0.1, 0.15) is 18.4 Å². The minimum Gasteiger partial charge on any atom is -0.370 e. The Morgan fingerprint density at radius 1 is 1.35 bits per heavy atom. The van der Waals surface area contributed by atoms with Gasteiger partial charge in [-0.05, 0) is 12.8 Å². The van der Waals surface area contributed by atoms with Crippen LogP contribution in [0.4, 0.5) is 5.13 Å². The number of aryl methyl sites for hydroxylation is 1. The number of hydrogen-bond acceptors (Lipinski definition) is 6. The molecule has 4 heterocycles. The molecule has 2 saturated heterocycles. The molecule has 2 aromatic heterocycles. The van der Waals surface area contributed by atoms with E-state index in [-0.39, 0.29) is 5.60 Å². The maximum atomic E-state index is 6.28. The second-order valence-corrected chi connectivity index (χ2v) is 7.48. The number of thiazole rings is 1. The summed E-state index contributed by atoms with van der Waals surface area (Å²) >= 11 is 1.72. The van der Waals surface area contributed by atoms with Crippen LogP contribution in [-0.2, 0) is 18.3 Å². The van der Waals surface area contributed by atoms with Crippen molar-refractivity contribution in [3.8, 4) is 0 Å². The normalized spacial score (nSPS) is 26.0. The molecule has 0 aromatic carbocycles. The lowest BCUT2D eigenvalue weighted by Crippen LogP contribution is -2.59. The van der Waals surface area contributed by atoms with E-state index in [0.717, 1.165) is 50.9 Å². The van der Waals surface area contributed by atoms with Crippen LogP contribution in [0.25, 0.3) is 0 Å². The van der Waals surface area contributed by atoms with Crippen molar-refractivity contribution in [3.63, 3.8) is 0 Å². The van der Waals surface area contributed by atoms with Gasteiger partial charge in [-0.3, -0.25) is 9.58 Å². The Bertz CT molecular complexity index is 639. The minimum atomic E-state index is -0.0512. The molecule has 7 heteroatoms. The van der Waals surface area contributed by atoms with Crippen LogP contribution in [0.15, 0.2) is 24.0 Å². The number of nitrogens with zero attached hydrogens (tertiary/aromatic N) is 5. The lowest BCUT2D eigenvalue weighted by atomic mass is 9.91. The van der Waals surface area contributed by atoms with Crippen molar-refractivity contribution in [2.45, 2.75) is 25.0 Å². The van der Waals surface area contributed by atoms with E-state index in [1.54, 1.807) is 11.3 Å². The number of ether oxygens (including phenoxy) is 1. The lowest BCUT2D eigenvalue weighted by Gasteiger charge is -2.48. The van der Waals surface area contributed by atoms with Crippen LogP contribution in [0, 0.1) is 0 Å². The van der Waals surface area contributed by atoms with Crippen LogP contribution in [0.3, 0.4) is 0 Å². The van der Waals surface area contributed by atoms with E-state index in [1.807, 2.05) is 29.5 Å². The molecular weight excluding hydrogens is 310 g/mol. The van der Waals surface area contributed by atoms with Gasteiger partial charge < -0.3 is 9.64 Å². The fourth-order valence-corrected chi connectivity index (χ4v) is 4.42. The fraction of sp³-hybridized carbons (Fsp3) is 0.625. The zero-order valence-corrected chi connectivity index (χ0v) is 14.3. The van der Waals surface area contributed by atoms with E-state index < -0.39 is 0 Å². The minimum absolute atomic E-state index is 0.0512. The number of piperidine rings is 1. The van der Waals surface area contributed by atoms with Gasteiger partial charge in [0.15, 0.2) is 5.13 Å². The summed E-state index contributed by atoms with van der Waals surface area (Å²) in [4.78, 5) is 9.37. The second-order valence-electron chi connectivity index (χ2n) is 6.60. The molecule has 2 fully saturated rings. The van der Waals surface area contributed by atoms with Crippen molar-refractivity contribution in [2.24, 2.45) is 7.05 Å². The maximum Gasteiger partial charge on any atom is 0.185 e. The molecule has 2 aliphatic rings. The molecule has 0 radical (unpaired) electrons. The first-order chi connectivity index (χ1) is 11.2. The van der Waals surface area contributed by atoms with Gasteiger partial charge in [-0.25, -0.2) is 4.98 Å². The third kappa shape index (κ3) is 3.27. The average molecular weight is 333 g/mol. The van der Waals surface area contributed by atoms with Crippen LogP contribution >= 0.6 is 11.3 Å². The van der Waals surface area contributed by atoms with Crippen molar-refractivity contribution in [1.29, 1.82) is 0 Å². The number of aromatic nitrogens is 3. The van der Waals surface area contributed by atoms with Crippen LogP contribution < -0.4 is 4.90 Å². The van der Waals surface area contributed by atoms with Crippen molar-refractivity contribution < 1.29 is 4.74 Å². The largest absolute Gasteiger partial charge is 0.370 e. The van der Waals surface area contributed by atoms with Crippen LogP contribution in [-0.4, -0.2) is 58.1 Å². The van der Waals surface area contributed by atoms with Gasteiger partial charge >= 0.3 is 0 Å². The smallest absolute Gasteiger partial charge is 0.185 e. The molecule has 0 amide bonds. The van der Waals surface area contributed by atoms with Crippen molar-refractivity contribution in [3.05, 3.63) is 29.5 Å². The summed E-state index contributed by atoms with van der Waals surface area (Å²) in [6, 6.07) is 0. The van der Waals surface area contributed by atoms with Gasteiger partial charge in [0.05, 0.1) is 24.9 Å². The third-order valence-electron chi connectivity index (χ3n) is 4.72. The molecule has 4 rings (SSSR count). The molecular formula is C16H23N5OS. The monoisotopic (exact) mass is 333 g/mol. The Morgan fingerprint density at radius 2 is 2.30 bits per heavy atom.